The van der Waals surface area contributed by atoms with Crippen molar-refractivity contribution in [1.82, 2.24) is 4.90 Å². The topological polar surface area (TPSA) is 63.4 Å². The highest BCUT2D eigenvalue weighted by atomic mass is 19.1. The SMILES string of the molecule is NC(=O)CCN(Cc1ccccc1)C(=O)c1ccc(F)cc1F. The van der Waals surface area contributed by atoms with Gasteiger partial charge in [0.15, 0.2) is 0 Å². The maximum Gasteiger partial charge on any atom is 0.257 e. The summed E-state index contributed by atoms with van der Waals surface area (Å²) in [6, 6.07) is 11.8. The second-order valence-corrected chi connectivity index (χ2v) is 5.05. The zero-order valence-electron chi connectivity index (χ0n) is 12.3. The van der Waals surface area contributed by atoms with Gasteiger partial charge in [0.05, 0.1) is 5.56 Å². The molecule has 0 spiro atoms. The predicted octanol–water partition coefficient (Wildman–Crippen LogP) is 2.48. The molecule has 4 nitrogen and oxygen atoms in total. The molecule has 0 bridgehead atoms. The summed E-state index contributed by atoms with van der Waals surface area (Å²) in [5, 5.41) is 0. The second-order valence-electron chi connectivity index (χ2n) is 5.05. The molecule has 0 aliphatic rings. The molecule has 2 amide bonds. The number of halogens is 2. The number of hydrogen-bond donors (Lipinski definition) is 1. The summed E-state index contributed by atoms with van der Waals surface area (Å²) in [6.07, 6.45) is -0.0403. The van der Waals surface area contributed by atoms with Gasteiger partial charge in [-0.15, -0.1) is 0 Å². The first kappa shape index (κ1) is 16.6. The van der Waals surface area contributed by atoms with E-state index in [1.807, 2.05) is 30.3 Å². The number of nitrogens with zero attached hydrogens (tertiary/aromatic N) is 1. The van der Waals surface area contributed by atoms with Crippen molar-refractivity contribution in [2.75, 3.05) is 6.54 Å². The predicted molar refractivity (Wildman–Crippen MR) is 81.4 cm³/mol. The molecule has 2 aromatic rings. The fourth-order valence-electron chi connectivity index (χ4n) is 2.13. The van der Waals surface area contributed by atoms with Crippen LogP contribution in [-0.4, -0.2) is 23.3 Å². The first-order valence-corrected chi connectivity index (χ1v) is 7.04. The van der Waals surface area contributed by atoms with Crippen molar-refractivity contribution in [3.63, 3.8) is 0 Å². The number of rotatable bonds is 6. The Labute approximate surface area is 132 Å². The minimum absolute atomic E-state index is 0.0403. The molecule has 23 heavy (non-hydrogen) atoms. The molecular formula is C17H16F2N2O2. The molecule has 2 aromatic carbocycles. The molecule has 0 atom stereocenters. The summed E-state index contributed by atoms with van der Waals surface area (Å²) in [7, 11) is 0. The third kappa shape index (κ3) is 4.60. The molecule has 0 radical (unpaired) electrons. The van der Waals surface area contributed by atoms with Crippen LogP contribution in [0, 0.1) is 11.6 Å². The second kappa shape index (κ2) is 7.49. The molecule has 2 rings (SSSR count). The van der Waals surface area contributed by atoms with Crippen molar-refractivity contribution < 1.29 is 18.4 Å². The normalized spacial score (nSPS) is 10.3. The molecule has 0 saturated heterocycles. The molecule has 2 N–H and O–H groups in total. The van der Waals surface area contributed by atoms with E-state index < -0.39 is 23.4 Å². The van der Waals surface area contributed by atoms with Gasteiger partial charge in [0.25, 0.3) is 5.91 Å². The van der Waals surface area contributed by atoms with Crippen LogP contribution in [0.25, 0.3) is 0 Å². The van der Waals surface area contributed by atoms with Gasteiger partial charge in [0.1, 0.15) is 11.6 Å². The summed E-state index contributed by atoms with van der Waals surface area (Å²) in [6.45, 7) is 0.254. The highest BCUT2D eigenvalue weighted by molar-refractivity contribution is 5.94. The Morgan fingerprint density at radius 2 is 1.74 bits per heavy atom. The average Bonchev–Trinajstić information content (AvgIpc) is 2.51. The van der Waals surface area contributed by atoms with Crippen LogP contribution in [-0.2, 0) is 11.3 Å². The lowest BCUT2D eigenvalue weighted by atomic mass is 10.1. The van der Waals surface area contributed by atoms with Crippen molar-refractivity contribution in [3.05, 3.63) is 71.3 Å². The number of amides is 2. The Morgan fingerprint density at radius 1 is 1.04 bits per heavy atom. The van der Waals surface area contributed by atoms with Crippen molar-refractivity contribution in [1.29, 1.82) is 0 Å². The standard InChI is InChI=1S/C17H16F2N2O2/c18-13-6-7-14(15(19)10-13)17(23)21(9-8-16(20)22)11-12-4-2-1-3-5-12/h1-7,10H,8-9,11H2,(H2,20,22). The fourth-order valence-corrected chi connectivity index (χ4v) is 2.13. The molecule has 6 heteroatoms. The van der Waals surface area contributed by atoms with Crippen LogP contribution in [0.4, 0.5) is 8.78 Å². The Bertz CT molecular complexity index is 705. The van der Waals surface area contributed by atoms with E-state index in [0.717, 1.165) is 17.7 Å². The fraction of sp³-hybridized carbons (Fsp3) is 0.176. The number of hydrogen-bond acceptors (Lipinski definition) is 2. The van der Waals surface area contributed by atoms with Gasteiger partial charge in [0.2, 0.25) is 5.91 Å². The zero-order valence-corrected chi connectivity index (χ0v) is 12.3. The van der Waals surface area contributed by atoms with Crippen LogP contribution in [0.2, 0.25) is 0 Å². The molecular weight excluding hydrogens is 302 g/mol. The Hall–Kier alpha value is -2.76. The van der Waals surface area contributed by atoms with Gasteiger partial charge in [-0.25, -0.2) is 8.78 Å². The zero-order chi connectivity index (χ0) is 16.8. The third-order valence-electron chi connectivity index (χ3n) is 3.29. The van der Waals surface area contributed by atoms with E-state index >= 15 is 0 Å². The van der Waals surface area contributed by atoms with Crippen LogP contribution < -0.4 is 5.73 Å². The van der Waals surface area contributed by atoms with Crippen LogP contribution in [0.3, 0.4) is 0 Å². The Morgan fingerprint density at radius 3 is 2.35 bits per heavy atom. The van der Waals surface area contributed by atoms with Crippen LogP contribution in [0.15, 0.2) is 48.5 Å². The summed E-state index contributed by atoms with van der Waals surface area (Å²) in [4.78, 5) is 24.8. The summed E-state index contributed by atoms with van der Waals surface area (Å²) >= 11 is 0. The number of nitrogens with two attached hydrogens (primary N) is 1. The van der Waals surface area contributed by atoms with E-state index in [9.17, 15) is 18.4 Å². The average molecular weight is 318 g/mol. The minimum Gasteiger partial charge on any atom is -0.370 e. The Kier molecular flexibility index (Phi) is 5.41. The van der Waals surface area contributed by atoms with Gasteiger partial charge in [0, 0.05) is 25.6 Å². The van der Waals surface area contributed by atoms with Crippen LogP contribution in [0.5, 0.6) is 0 Å². The monoisotopic (exact) mass is 318 g/mol. The highest BCUT2D eigenvalue weighted by Gasteiger charge is 2.20. The summed E-state index contributed by atoms with van der Waals surface area (Å²) in [5.74, 6) is -2.87. The quantitative estimate of drug-likeness (QED) is 0.889. The van der Waals surface area contributed by atoms with E-state index in [2.05, 4.69) is 0 Å². The smallest absolute Gasteiger partial charge is 0.257 e. The van der Waals surface area contributed by atoms with Crippen molar-refractivity contribution in [2.45, 2.75) is 13.0 Å². The first-order valence-electron chi connectivity index (χ1n) is 7.04. The molecule has 0 aliphatic carbocycles. The number of carbonyl (C=O) groups excluding carboxylic acids is 2. The molecule has 0 aromatic heterocycles. The Balaban J connectivity index is 2.24. The van der Waals surface area contributed by atoms with Gasteiger partial charge < -0.3 is 10.6 Å². The van der Waals surface area contributed by atoms with E-state index in [-0.39, 0.29) is 25.1 Å². The summed E-state index contributed by atoms with van der Waals surface area (Å²) in [5.41, 5.74) is 5.71. The van der Waals surface area contributed by atoms with Crippen LogP contribution >= 0.6 is 0 Å². The summed E-state index contributed by atoms with van der Waals surface area (Å²) < 4.78 is 26.8. The molecule has 0 saturated carbocycles. The maximum atomic E-state index is 13.8. The van der Waals surface area contributed by atoms with Gasteiger partial charge in [-0.1, -0.05) is 30.3 Å². The van der Waals surface area contributed by atoms with Gasteiger partial charge in [-0.2, -0.15) is 0 Å². The van der Waals surface area contributed by atoms with E-state index in [4.69, 9.17) is 5.73 Å². The van der Waals surface area contributed by atoms with Gasteiger partial charge in [-0.05, 0) is 17.7 Å². The maximum absolute atomic E-state index is 13.8. The number of carbonyl (C=O) groups is 2. The third-order valence-corrected chi connectivity index (χ3v) is 3.29. The van der Waals surface area contributed by atoms with E-state index in [0.29, 0.717) is 6.07 Å². The lowest BCUT2D eigenvalue weighted by Gasteiger charge is -2.22. The molecule has 120 valence electrons. The minimum atomic E-state index is -0.938. The first-order chi connectivity index (χ1) is 11.0. The van der Waals surface area contributed by atoms with E-state index in [1.165, 1.54) is 4.90 Å². The number of primary amides is 1. The van der Waals surface area contributed by atoms with Gasteiger partial charge >= 0.3 is 0 Å². The van der Waals surface area contributed by atoms with Crippen molar-refractivity contribution in [2.24, 2.45) is 5.73 Å². The molecule has 0 fully saturated rings. The van der Waals surface area contributed by atoms with Crippen molar-refractivity contribution >= 4 is 11.8 Å². The van der Waals surface area contributed by atoms with Crippen LogP contribution in [0.1, 0.15) is 22.3 Å². The van der Waals surface area contributed by atoms with E-state index in [1.54, 1.807) is 0 Å². The number of benzene rings is 2. The lowest BCUT2D eigenvalue weighted by Crippen LogP contribution is -2.34. The highest BCUT2D eigenvalue weighted by Crippen LogP contribution is 2.15. The van der Waals surface area contributed by atoms with Crippen molar-refractivity contribution in [3.8, 4) is 0 Å². The lowest BCUT2D eigenvalue weighted by molar-refractivity contribution is -0.118. The molecule has 0 unspecified atom stereocenters. The molecule has 0 heterocycles. The van der Waals surface area contributed by atoms with Gasteiger partial charge in [-0.3, -0.25) is 9.59 Å². The molecule has 0 aliphatic heterocycles. The largest absolute Gasteiger partial charge is 0.370 e.